The summed E-state index contributed by atoms with van der Waals surface area (Å²) in [6.07, 6.45) is 7.89. The molecule has 3 N–H and O–H groups in total. The fourth-order valence-electron chi connectivity index (χ4n) is 4.21. The second-order valence-electron chi connectivity index (χ2n) is 7.30. The van der Waals surface area contributed by atoms with E-state index in [9.17, 15) is 4.79 Å². The summed E-state index contributed by atoms with van der Waals surface area (Å²) in [5.74, 6) is 1.12. The van der Waals surface area contributed by atoms with Crippen molar-refractivity contribution in [3.8, 4) is 0 Å². The van der Waals surface area contributed by atoms with Crippen molar-refractivity contribution < 1.29 is 4.79 Å². The number of hydrogen-bond acceptors (Lipinski definition) is 6. The minimum Gasteiger partial charge on any atom is -0.355 e. The first-order chi connectivity index (χ1) is 12.2. The van der Waals surface area contributed by atoms with Crippen molar-refractivity contribution in [3.63, 3.8) is 0 Å². The summed E-state index contributed by atoms with van der Waals surface area (Å²) in [6.45, 7) is 2.19. The monoisotopic (exact) mass is 359 g/mol. The predicted octanol–water partition coefficient (Wildman–Crippen LogP) is 2.30. The zero-order chi connectivity index (χ0) is 17.3. The molecule has 2 aliphatic rings. The van der Waals surface area contributed by atoms with Gasteiger partial charge in [0.1, 0.15) is 17.0 Å². The van der Waals surface area contributed by atoms with Gasteiger partial charge in [-0.25, -0.2) is 9.97 Å². The summed E-state index contributed by atoms with van der Waals surface area (Å²) in [6, 6.07) is 2.07. The molecule has 4 rings (SSSR count). The fraction of sp³-hybridized carbons (Fsp3) is 0.611. The Balaban J connectivity index is 1.49. The molecule has 0 radical (unpaired) electrons. The number of carbonyl (C=O) groups is 1. The van der Waals surface area contributed by atoms with E-state index >= 15 is 0 Å². The molecule has 2 aromatic rings. The van der Waals surface area contributed by atoms with Gasteiger partial charge in [0.05, 0.1) is 16.8 Å². The fourth-order valence-corrected chi connectivity index (χ4v) is 4.94. The first-order valence-electron chi connectivity index (χ1n) is 9.16. The Morgan fingerprint density at radius 2 is 2.20 bits per heavy atom. The Hall–Kier alpha value is -1.73. The summed E-state index contributed by atoms with van der Waals surface area (Å²) in [4.78, 5) is 25.0. The molecular formula is C18H25N5OS. The van der Waals surface area contributed by atoms with E-state index in [0.29, 0.717) is 13.1 Å². The van der Waals surface area contributed by atoms with Gasteiger partial charge in [-0.1, -0.05) is 12.8 Å². The Morgan fingerprint density at radius 1 is 1.36 bits per heavy atom. The van der Waals surface area contributed by atoms with Crippen LogP contribution in [0.2, 0.25) is 0 Å². The Bertz CT molecular complexity index is 755. The maximum Gasteiger partial charge on any atom is 0.225 e. The summed E-state index contributed by atoms with van der Waals surface area (Å²) in [5, 5.41) is 6.42. The normalized spacial score (nSPS) is 23.1. The van der Waals surface area contributed by atoms with E-state index in [1.807, 2.05) is 5.38 Å². The largest absolute Gasteiger partial charge is 0.355 e. The first kappa shape index (κ1) is 16.7. The Morgan fingerprint density at radius 3 is 3.00 bits per heavy atom. The van der Waals surface area contributed by atoms with Gasteiger partial charge in [0.25, 0.3) is 0 Å². The van der Waals surface area contributed by atoms with Crippen molar-refractivity contribution in [2.24, 2.45) is 11.7 Å². The quantitative estimate of drug-likeness (QED) is 0.875. The van der Waals surface area contributed by atoms with E-state index in [0.717, 1.165) is 61.1 Å². The number of anilines is 1. The number of carbonyl (C=O) groups excluding carboxylic acids is 1. The molecule has 7 heteroatoms. The van der Waals surface area contributed by atoms with Gasteiger partial charge in [0, 0.05) is 19.6 Å². The summed E-state index contributed by atoms with van der Waals surface area (Å²) < 4.78 is 0. The molecule has 1 aliphatic heterocycles. The van der Waals surface area contributed by atoms with E-state index in [4.69, 9.17) is 5.73 Å². The Labute approximate surface area is 151 Å². The highest BCUT2D eigenvalue weighted by Gasteiger charge is 2.37. The summed E-state index contributed by atoms with van der Waals surface area (Å²) in [7, 11) is 0. The van der Waals surface area contributed by atoms with Crippen molar-refractivity contribution in [3.05, 3.63) is 17.8 Å². The van der Waals surface area contributed by atoms with Crippen molar-refractivity contribution >= 4 is 33.3 Å². The van der Waals surface area contributed by atoms with Crippen LogP contribution in [-0.4, -0.2) is 41.0 Å². The van der Waals surface area contributed by atoms with Crippen LogP contribution in [0.3, 0.4) is 0 Å². The number of hydrogen-bond donors (Lipinski definition) is 2. The zero-order valence-electron chi connectivity index (χ0n) is 14.4. The lowest BCUT2D eigenvalue weighted by Crippen LogP contribution is -2.55. The van der Waals surface area contributed by atoms with Gasteiger partial charge in [-0.05, 0) is 37.1 Å². The molecular weight excluding hydrogens is 334 g/mol. The average molecular weight is 359 g/mol. The number of aromatic nitrogens is 2. The first-order valence-corrected chi connectivity index (χ1v) is 10.0. The second kappa shape index (κ2) is 6.88. The second-order valence-corrected chi connectivity index (χ2v) is 8.20. The summed E-state index contributed by atoms with van der Waals surface area (Å²) >= 11 is 1.63. The Kier molecular flexibility index (Phi) is 4.60. The van der Waals surface area contributed by atoms with Crippen LogP contribution in [-0.2, 0) is 4.79 Å². The lowest BCUT2D eigenvalue weighted by molar-refractivity contribution is -0.127. The van der Waals surface area contributed by atoms with Crippen LogP contribution < -0.4 is 16.0 Å². The van der Waals surface area contributed by atoms with Gasteiger partial charge in [0.15, 0.2) is 0 Å². The smallest absolute Gasteiger partial charge is 0.225 e. The van der Waals surface area contributed by atoms with Gasteiger partial charge in [-0.2, -0.15) is 0 Å². The van der Waals surface area contributed by atoms with Crippen molar-refractivity contribution in [2.75, 3.05) is 24.5 Å². The van der Waals surface area contributed by atoms with Crippen molar-refractivity contribution in [1.82, 2.24) is 15.3 Å². The molecule has 1 amide bonds. The number of amides is 1. The summed E-state index contributed by atoms with van der Waals surface area (Å²) in [5.41, 5.74) is 5.80. The number of fused-ring (bicyclic) bond motifs is 1. The van der Waals surface area contributed by atoms with Crippen LogP contribution in [0.4, 0.5) is 5.82 Å². The zero-order valence-corrected chi connectivity index (χ0v) is 15.2. The van der Waals surface area contributed by atoms with Gasteiger partial charge in [-0.15, -0.1) is 11.3 Å². The lowest BCUT2D eigenvalue weighted by atomic mass is 9.92. The number of rotatable bonds is 4. The van der Waals surface area contributed by atoms with Crippen LogP contribution in [0.1, 0.15) is 38.5 Å². The molecule has 0 bridgehead atoms. The molecule has 1 unspecified atom stereocenters. The molecule has 2 aromatic heterocycles. The third-order valence-electron chi connectivity index (χ3n) is 5.67. The predicted molar refractivity (Wildman–Crippen MR) is 101 cm³/mol. The average Bonchev–Trinajstić information content (AvgIpc) is 3.31. The van der Waals surface area contributed by atoms with Crippen molar-refractivity contribution in [2.45, 2.75) is 44.1 Å². The molecule has 1 saturated carbocycles. The third-order valence-corrected chi connectivity index (χ3v) is 6.49. The highest BCUT2D eigenvalue weighted by atomic mass is 32.1. The lowest BCUT2D eigenvalue weighted by Gasteiger charge is -2.36. The standard InChI is InChI=1S/C18H25N5OS/c19-11-18(6-1-2-7-18)22-16(24)13-4-3-8-23(10-13)15-14-5-9-25-17(14)21-12-20-15/h5,9,12-13H,1-4,6-8,10-11,19H2,(H,22,24). The van der Waals surface area contributed by atoms with Crippen molar-refractivity contribution in [1.29, 1.82) is 0 Å². The number of thiophene rings is 1. The minimum absolute atomic E-state index is 0.00132. The van der Waals surface area contributed by atoms with Crippen LogP contribution in [0, 0.1) is 5.92 Å². The maximum atomic E-state index is 12.9. The number of nitrogens with zero attached hydrogens (tertiary/aromatic N) is 3. The van der Waals surface area contributed by atoms with E-state index in [2.05, 4.69) is 26.3 Å². The van der Waals surface area contributed by atoms with E-state index in [1.165, 1.54) is 0 Å². The molecule has 1 aliphatic carbocycles. The third kappa shape index (κ3) is 3.22. The van der Waals surface area contributed by atoms with E-state index < -0.39 is 0 Å². The van der Waals surface area contributed by atoms with Crippen LogP contribution in [0.25, 0.3) is 10.2 Å². The molecule has 25 heavy (non-hydrogen) atoms. The molecule has 1 atom stereocenters. The molecule has 0 spiro atoms. The topological polar surface area (TPSA) is 84.1 Å². The SMILES string of the molecule is NCC1(NC(=O)C2CCCN(c3ncnc4sccc34)C2)CCCC1. The molecule has 6 nitrogen and oxygen atoms in total. The minimum atomic E-state index is -0.172. The molecule has 134 valence electrons. The molecule has 0 aromatic carbocycles. The number of nitrogens with two attached hydrogens (primary N) is 1. The van der Waals surface area contributed by atoms with E-state index in [1.54, 1.807) is 17.7 Å². The molecule has 2 fully saturated rings. The van der Waals surface area contributed by atoms with Gasteiger partial charge in [-0.3, -0.25) is 4.79 Å². The van der Waals surface area contributed by atoms with Crippen LogP contribution in [0.5, 0.6) is 0 Å². The van der Waals surface area contributed by atoms with Crippen LogP contribution in [0.15, 0.2) is 17.8 Å². The highest BCUT2D eigenvalue weighted by molar-refractivity contribution is 7.16. The molecule has 3 heterocycles. The van der Waals surface area contributed by atoms with Gasteiger partial charge in [0.2, 0.25) is 5.91 Å². The van der Waals surface area contributed by atoms with Gasteiger partial charge < -0.3 is 16.0 Å². The van der Waals surface area contributed by atoms with E-state index in [-0.39, 0.29) is 17.4 Å². The molecule has 1 saturated heterocycles. The number of nitrogens with one attached hydrogen (secondary N) is 1. The van der Waals surface area contributed by atoms with Crippen LogP contribution >= 0.6 is 11.3 Å². The highest BCUT2D eigenvalue weighted by Crippen LogP contribution is 2.32. The maximum absolute atomic E-state index is 12.9. The number of piperidine rings is 1. The van der Waals surface area contributed by atoms with Gasteiger partial charge >= 0.3 is 0 Å².